The molecule has 0 radical (unpaired) electrons. The molecule has 0 saturated heterocycles. The van der Waals surface area contributed by atoms with Gasteiger partial charge in [0.1, 0.15) is 29.6 Å². The Morgan fingerprint density at radius 3 is 1.68 bits per heavy atom. The predicted octanol–water partition coefficient (Wildman–Crippen LogP) is 5.68. The third kappa shape index (κ3) is 5.13. The highest BCUT2D eigenvalue weighted by Crippen LogP contribution is 2.30. The second-order valence-electron chi connectivity index (χ2n) is 6.97. The molecule has 0 aromatic heterocycles. The average Bonchev–Trinajstić information content (AvgIpc) is 2.83. The normalized spacial score (nSPS) is 11.1. The van der Waals surface area contributed by atoms with Crippen LogP contribution >= 0.6 is 0 Å². The second-order valence-corrected chi connectivity index (χ2v) is 8.89. The first-order chi connectivity index (χ1) is 15.1. The number of sulfone groups is 1. The first kappa shape index (κ1) is 20.7. The molecule has 0 atom stereocenters. The Morgan fingerprint density at radius 1 is 0.548 bits per heavy atom. The Balaban J connectivity index is 1.50. The lowest BCUT2D eigenvalue weighted by molar-refractivity contribution is 0.298. The molecule has 0 bridgehead atoms. The lowest BCUT2D eigenvalue weighted by Gasteiger charge is -2.13. The number of hydrogen-bond donors (Lipinski definition) is 0. The molecule has 4 aromatic carbocycles. The molecule has 0 amide bonds. The van der Waals surface area contributed by atoms with Crippen molar-refractivity contribution in [3.05, 3.63) is 120 Å². The Morgan fingerprint density at radius 2 is 1.06 bits per heavy atom. The molecule has 5 heteroatoms. The van der Waals surface area contributed by atoms with Gasteiger partial charge in [-0.2, -0.15) is 0 Å². The van der Waals surface area contributed by atoms with Crippen LogP contribution in [0.15, 0.2) is 119 Å². The summed E-state index contributed by atoms with van der Waals surface area (Å²) in [5, 5.41) is 0. The molecule has 0 aliphatic carbocycles. The minimum absolute atomic E-state index is 0.142. The molecule has 0 aliphatic rings. The Labute approximate surface area is 182 Å². The third-order valence-electron chi connectivity index (χ3n) is 4.76. The number of benzene rings is 4. The molecule has 4 aromatic rings. The van der Waals surface area contributed by atoms with E-state index in [0.29, 0.717) is 24.7 Å². The van der Waals surface area contributed by atoms with E-state index in [0.717, 1.165) is 11.1 Å². The minimum atomic E-state index is -3.74. The van der Waals surface area contributed by atoms with Crippen molar-refractivity contribution in [1.82, 2.24) is 0 Å². The van der Waals surface area contributed by atoms with Crippen molar-refractivity contribution in [3.8, 4) is 11.5 Å². The van der Waals surface area contributed by atoms with Gasteiger partial charge in [0.05, 0.1) is 4.90 Å². The first-order valence-electron chi connectivity index (χ1n) is 9.90. The van der Waals surface area contributed by atoms with Gasteiger partial charge in [-0.15, -0.1) is 0 Å². The van der Waals surface area contributed by atoms with Gasteiger partial charge in [0.25, 0.3) is 0 Å². The third-order valence-corrected chi connectivity index (χ3v) is 6.57. The van der Waals surface area contributed by atoms with E-state index in [1.807, 2.05) is 60.7 Å². The van der Waals surface area contributed by atoms with E-state index >= 15 is 0 Å². The van der Waals surface area contributed by atoms with Crippen LogP contribution < -0.4 is 9.47 Å². The zero-order chi connectivity index (χ0) is 21.5. The van der Waals surface area contributed by atoms with Gasteiger partial charge in [0, 0.05) is 0 Å². The maximum atomic E-state index is 13.2. The van der Waals surface area contributed by atoms with Gasteiger partial charge in [-0.05, 0) is 47.5 Å². The maximum Gasteiger partial charge on any atom is 0.210 e. The maximum absolute atomic E-state index is 13.2. The van der Waals surface area contributed by atoms with Gasteiger partial charge < -0.3 is 9.47 Å². The van der Waals surface area contributed by atoms with E-state index in [9.17, 15) is 8.42 Å². The molecule has 4 rings (SSSR count). The summed E-state index contributed by atoms with van der Waals surface area (Å²) in [5.41, 5.74) is 2.01. The highest BCUT2D eigenvalue weighted by Gasteiger charge is 2.22. The summed E-state index contributed by atoms with van der Waals surface area (Å²) in [6.45, 7) is 0.711. The molecule has 0 fully saturated rings. The lowest BCUT2D eigenvalue weighted by atomic mass is 10.2. The zero-order valence-electron chi connectivity index (χ0n) is 16.8. The Hall–Kier alpha value is -3.57. The molecule has 0 unspecified atom stereocenters. The fourth-order valence-corrected chi connectivity index (χ4v) is 4.51. The fourth-order valence-electron chi connectivity index (χ4n) is 3.11. The number of hydrogen-bond acceptors (Lipinski definition) is 4. The Bertz CT molecular complexity index is 1220. The van der Waals surface area contributed by atoms with Crippen LogP contribution in [0.2, 0.25) is 0 Å². The largest absolute Gasteiger partial charge is 0.489 e. The van der Waals surface area contributed by atoms with Gasteiger partial charge in [-0.1, -0.05) is 72.8 Å². The summed E-state index contributed by atoms with van der Waals surface area (Å²) < 4.78 is 38.1. The van der Waals surface area contributed by atoms with Gasteiger partial charge >= 0.3 is 0 Å². The van der Waals surface area contributed by atoms with Gasteiger partial charge in [0.2, 0.25) is 9.84 Å². The molecule has 0 aliphatic heterocycles. The summed E-state index contributed by atoms with van der Waals surface area (Å²) in [7, 11) is -3.74. The number of ether oxygens (including phenoxy) is 2. The summed E-state index contributed by atoms with van der Waals surface area (Å²) >= 11 is 0. The molecule has 0 N–H and O–H groups in total. The monoisotopic (exact) mass is 430 g/mol. The second kappa shape index (κ2) is 9.49. The minimum Gasteiger partial charge on any atom is -0.489 e. The van der Waals surface area contributed by atoms with Crippen molar-refractivity contribution in [3.63, 3.8) is 0 Å². The average molecular weight is 431 g/mol. The topological polar surface area (TPSA) is 52.6 Å². The summed E-state index contributed by atoms with van der Waals surface area (Å²) in [6.07, 6.45) is 0. The van der Waals surface area contributed by atoms with Crippen LogP contribution in [0.1, 0.15) is 11.1 Å². The molecular weight excluding hydrogens is 408 g/mol. The fraction of sp³-hybridized carbons (Fsp3) is 0.0769. The van der Waals surface area contributed by atoms with Gasteiger partial charge in [-0.25, -0.2) is 8.42 Å². The Kier molecular flexibility index (Phi) is 6.34. The van der Waals surface area contributed by atoms with Crippen LogP contribution in [0.3, 0.4) is 0 Å². The summed E-state index contributed by atoms with van der Waals surface area (Å²) in [4.78, 5) is 0.333. The lowest BCUT2D eigenvalue weighted by Crippen LogP contribution is -2.06. The van der Waals surface area contributed by atoms with E-state index in [1.165, 1.54) is 0 Å². The van der Waals surface area contributed by atoms with Crippen molar-refractivity contribution in [2.45, 2.75) is 23.0 Å². The van der Waals surface area contributed by atoms with Gasteiger partial charge in [0.15, 0.2) is 0 Å². The molecule has 156 valence electrons. The highest BCUT2D eigenvalue weighted by atomic mass is 32.2. The van der Waals surface area contributed by atoms with Gasteiger partial charge in [-0.3, -0.25) is 0 Å². The van der Waals surface area contributed by atoms with Crippen molar-refractivity contribution in [1.29, 1.82) is 0 Å². The summed E-state index contributed by atoms with van der Waals surface area (Å²) in [5.74, 6) is 0.937. The van der Waals surface area contributed by atoms with Crippen LogP contribution in [-0.2, 0) is 23.1 Å². The number of para-hydroxylation sites is 1. The van der Waals surface area contributed by atoms with E-state index in [1.54, 1.807) is 48.5 Å². The predicted molar refractivity (Wildman–Crippen MR) is 120 cm³/mol. The first-order valence-corrected chi connectivity index (χ1v) is 11.4. The van der Waals surface area contributed by atoms with Crippen LogP contribution in [0.25, 0.3) is 0 Å². The van der Waals surface area contributed by atoms with Crippen LogP contribution in [-0.4, -0.2) is 8.42 Å². The zero-order valence-corrected chi connectivity index (χ0v) is 17.7. The van der Waals surface area contributed by atoms with E-state index < -0.39 is 9.84 Å². The van der Waals surface area contributed by atoms with Crippen LogP contribution in [0.5, 0.6) is 11.5 Å². The smallest absolute Gasteiger partial charge is 0.210 e. The van der Waals surface area contributed by atoms with Crippen molar-refractivity contribution in [2.75, 3.05) is 0 Å². The van der Waals surface area contributed by atoms with Crippen LogP contribution in [0.4, 0.5) is 0 Å². The van der Waals surface area contributed by atoms with Crippen LogP contribution in [0, 0.1) is 0 Å². The summed E-state index contributed by atoms with van der Waals surface area (Å²) in [6, 6.07) is 32.6. The molecule has 0 saturated carbocycles. The molecule has 0 heterocycles. The van der Waals surface area contributed by atoms with E-state index in [4.69, 9.17) is 9.47 Å². The van der Waals surface area contributed by atoms with E-state index in [2.05, 4.69) is 0 Å². The quantitative estimate of drug-likeness (QED) is 0.361. The SMILES string of the molecule is O=S(=O)(c1ccc(OCc2ccccc2)cc1)c1ccccc1OCc1ccccc1. The molecule has 0 spiro atoms. The number of rotatable bonds is 8. The molecule has 31 heavy (non-hydrogen) atoms. The van der Waals surface area contributed by atoms with Crippen molar-refractivity contribution < 1.29 is 17.9 Å². The molecule has 4 nitrogen and oxygen atoms in total. The van der Waals surface area contributed by atoms with Crippen molar-refractivity contribution in [2.24, 2.45) is 0 Å². The molecular formula is C26H22O4S. The van der Waals surface area contributed by atoms with Crippen molar-refractivity contribution >= 4 is 9.84 Å². The highest BCUT2D eigenvalue weighted by molar-refractivity contribution is 7.91. The standard InChI is InChI=1S/C26H22O4S/c27-31(28,24-17-15-23(16-18-24)29-19-21-9-3-1-4-10-21)26-14-8-7-13-25(26)30-20-22-11-5-2-6-12-22/h1-18H,19-20H2. The van der Waals surface area contributed by atoms with E-state index in [-0.39, 0.29) is 9.79 Å².